The van der Waals surface area contributed by atoms with Gasteiger partial charge in [0.25, 0.3) is 0 Å². The van der Waals surface area contributed by atoms with E-state index in [-0.39, 0.29) is 5.91 Å². The van der Waals surface area contributed by atoms with Crippen LogP contribution in [0, 0.1) is 0 Å². The number of rotatable bonds is 8. The van der Waals surface area contributed by atoms with Crippen LogP contribution in [0.4, 0.5) is 0 Å². The number of nitrogens with zero attached hydrogens (tertiary/aromatic N) is 1. The molecule has 0 radical (unpaired) electrons. The molecule has 90 valence electrons. The van der Waals surface area contributed by atoms with Gasteiger partial charge in [0.05, 0.1) is 0 Å². The van der Waals surface area contributed by atoms with Gasteiger partial charge in [-0.05, 0) is 26.7 Å². The van der Waals surface area contributed by atoms with Crippen LogP contribution in [0.1, 0.15) is 47.0 Å². The zero-order chi connectivity index (χ0) is 11.7. The van der Waals surface area contributed by atoms with E-state index in [4.69, 9.17) is 0 Å². The molecule has 0 aromatic heterocycles. The Balaban J connectivity index is 3.70. The molecule has 0 fully saturated rings. The SMILES string of the molecule is CCC(CC)NCCC(=O)N(CC)CC. The number of hydrogen-bond donors (Lipinski definition) is 1. The molecule has 1 amide bonds. The summed E-state index contributed by atoms with van der Waals surface area (Å²) in [5.74, 6) is 0.262. The fraction of sp³-hybridized carbons (Fsp3) is 0.917. The average molecular weight is 214 g/mol. The molecule has 1 N–H and O–H groups in total. The fourth-order valence-electron chi connectivity index (χ4n) is 1.70. The molecule has 0 aromatic rings. The van der Waals surface area contributed by atoms with Gasteiger partial charge >= 0.3 is 0 Å². The Morgan fingerprint density at radius 1 is 1.13 bits per heavy atom. The number of carbonyl (C=O) groups is 1. The maximum absolute atomic E-state index is 11.6. The Labute approximate surface area is 94.2 Å². The highest BCUT2D eigenvalue weighted by molar-refractivity contribution is 5.76. The second-order valence-corrected chi connectivity index (χ2v) is 3.78. The van der Waals surface area contributed by atoms with Crippen LogP contribution in [-0.2, 0) is 4.79 Å². The Kier molecular flexibility index (Phi) is 8.38. The normalized spacial score (nSPS) is 10.7. The van der Waals surface area contributed by atoms with Crippen molar-refractivity contribution in [3.63, 3.8) is 0 Å². The third-order valence-corrected chi connectivity index (χ3v) is 2.87. The van der Waals surface area contributed by atoms with Crippen LogP contribution in [0.15, 0.2) is 0 Å². The van der Waals surface area contributed by atoms with Crippen molar-refractivity contribution in [2.24, 2.45) is 0 Å². The van der Waals surface area contributed by atoms with Crippen molar-refractivity contribution in [1.82, 2.24) is 10.2 Å². The van der Waals surface area contributed by atoms with Gasteiger partial charge in [-0.25, -0.2) is 0 Å². The van der Waals surface area contributed by atoms with Gasteiger partial charge in [-0.2, -0.15) is 0 Å². The smallest absolute Gasteiger partial charge is 0.223 e. The van der Waals surface area contributed by atoms with Crippen LogP contribution in [0.3, 0.4) is 0 Å². The maximum Gasteiger partial charge on any atom is 0.223 e. The molecule has 0 rings (SSSR count). The predicted octanol–water partition coefficient (Wildman–Crippen LogP) is 2.02. The van der Waals surface area contributed by atoms with Crippen LogP contribution in [0.5, 0.6) is 0 Å². The monoisotopic (exact) mass is 214 g/mol. The number of amides is 1. The van der Waals surface area contributed by atoms with Gasteiger partial charge in [0.2, 0.25) is 5.91 Å². The predicted molar refractivity (Wildman–Crippen MR) is 64.9 cm³/mol. The van der Waals surface area contributed by atoms with Gasteiger partial charge in [-0.15, -0.1) is 0 Å². The van der Waals surface area contributed by atoms with E-state index in [9.17, 15) is 4.79 Å². The topological polar surface area (TPSA) is 32.3 Å². The van der Waals surface area contributed by atoms with Gasteiger partial charge in [0.1, 0.15) is 0 Å². The highest BCUT2D eigenvalue weighted by Gasteiger charge is 2.09. The summed E-state index contributed by atoms with van der Waals surface area (Å²) in [6.45, 7) is 10.8. The summed E-state index contributed by atoms with van der Waals surface area (Å²) in [5.41, 5.74) is 0. The molecule has 0 aromatic carbocycles. The first-order chi connectivity index (χ1) is 7.19. The highest BCUT2D eigenvalue weighted by Crippen LogP contribution is 1.97. The molecule has 3 heteroatoms. The van der Waals surface area contributed by atoms with Crippen molar-refractivity contribution < 1.29 is 4.79 Å². The quantitative estimate of drug-likeness (QED) is 0.670. The van der Waals surface area contributed by atoms with Crippen LogP contribution >= 0.6 is 0 Å². The molecular weight excluding hydrogens is 188 g/mol. The summed E-state index contributed by atoms with van der Waals surface area (Å²) in [6.07, 6.45) is 2.89. The number of hydrogen-bond acceptors (Lipinski definition) is 2. The Bertz CT molecular complexity index is 163. The number of carbonyl (C=O) groups excluding carboxylic acids is 1. The summed E-state index contributed by atoms with van der Waals surface area (Å²) < 4.78 is 0. The summed E-state index contributed by atoms with van der Waals surface area (Å²) in [4.78, 5) is 13.5. The van der Waals surface area contributed by atoms with Gasteiger partial charge in [0, 0.05) is 32.1 Å². The molecule has 0 aliphatic heterocycles. The maximum atomic E-state index is 11.6. The first-order valence-corrected chi connectivity index (χ1v) is 6.20. The third-order valence-electron chi connectivity index (χ3n) is 2.87. The van der Waals surface area contributed by atoms with Crippen LogP contribution in [0.25, 0.3) is 0 Å². The molecule has 0 spiro atoms. The number of nitrogens with one attached hydrogen (secondary N) is 1. The molecule has 0 saturated heterocycles. The fourth-order valence-corrected chi connectivity index (χ4v) is 1.70. The standard InChI is InChI=1S/C12H26N2O/c1-5-11(6-2)13-10-9-12(15)14(7-3)8-4/h11,13H,5-10H2,1-4H3. The first kappa shape index (κ1) is 14.4. The van der Waals surface area contributed by atoms with Crippen LogP contribution in [0.2, 0.25) is 0 Å². The van der Waals surface area contributed by atoms with E-state index in [0.29, 0.717) is 12.5 Å². The molecular formula is C12H26N2O. The van der Waals surface area contributed by atoms with Crippen molar-refractivity contribution >= 4 is 5.91 Å². The molecule has 0 aliphatic rings. The van der Waals surface area contributed by atoms with Crippen molar-refractivity contribution in [3.05, 3.63) is 0 Å². The third kappa shape index (κ3) is 5.78. The highest BCUT2D eigenvalue weighted by atomic mass is 16.2. The second kappa shape index (κ2) is 8.72. The molecule has 0 heterocycles. The van der Waals surface area contributed by atoms with Gasteiger partial charge < -0.3 is 10.2 Å². The molecule has 0 saturated carbocycles. The van der Waals surface area contributed by atoms with Crippen molar-refractivity contribution in [2.45, 2.75) is 53.0 Å². The molecule has 15 heavy (non-hydrogen) atoms. The van der Waals surface area contributed by atoms with Gasteiger partial charge in [-0.3, -0.25) is 4.79 Å². The summed E-state index contributed by atoms with van der Waals surface area (Å²) in [5, 5.41) is 3.41. The van der Waals surface area contributed by atoms with Crippen LogP contribution in [-0.4, -0.2) is 36.5 Å². The lowest BCUT2D eigenvalue weighted by Gasteiger charge is -2.20. The molecule has 3 nitrogen and oxygen atoms in total. The first-order valence-electron chi connectivity index (χ1n) is 6.20. The minimum absolute atomic E-state index is 0.262. The van der Waals surface area contributed by atoms with E-state index in [1.807, 2.05) is 18.7 Å². The van der Waals surface area contributed by atoms with Crippen LogP contribution < -0.4 is 5.32 Å². The summed E-state index contributed by atoms with van der Waals surface area (Å²) >= 11 is 0. The Morgan fingerprint density at radius 3 is 2.07 bits per heavy atom. The lowest BCUT2D eigenvalue weighted by molar-refractivity contribution is -0.130. The minimum atomic E-state index is 0.262. The van der Waals surface area contributed by atoms with Crippen molar-refractivity contribution in [2.75, 3.05) is 19.6 Å². The summed E-state index contributed by atoms with van der Waals surface area (Å²) in [7, 11) is 0. The van der Waals surface area contributed by atoms with Crippen molar-refractivity contribution in [3.8, 4) is 0 Å². The average Bonchev–Trinajstić information content (AvgIpc) is 2.26. The second-order valence-electron chi connectivity index (χ2n) is 3.78. The summed E-state index contributed by atoms with van der Waals surface area (Å²) in [6, 6.07) is 0.564. The van der Waals surface area contributed by atoms with E-state index in [2.05, 4.69) is 19.2 Å². The zero-order valence-electron chi connectivity index (χ0n) is 10.7. The lowest BCUT2D eigenvalue weighted by atomic mass is 10.1. The molecule has 0 bridgehead atoms. The molecule has 0 unspecified atom stereocenters. The van der Waals surface area contributed by atoms with E-state index in [1.54, 1.807) is 0 Å². The zero-order valence-corrected chi connectivity index (χ0v) is 10.7. The van der Waals surface area contributed by atoms with E-state index in [1.165, 1.54) is 0 Å². The minimum Gasteiger partial charge on any atom is -0.343 e. The van der Waals surface area contributed by atoms with E-state index in [0.717, 1.165) is 32.5 Å². The molecule has 0 aliphatic carbocycles. The Hall–Kier alpha value is -0.570. The van der Waals surface area contributed by atoms with Gasteiger partial charge in [-0.1, -0.05) is 13.8 Å². The van der Waals surface area contributed by atoms with E-state index < -0.39 is 0 Å². The van der Waals surface area contributed by atoms with E-state index >= 15 is 0 Å². The van der Waals surface area contributed by atoms with Crippen molar-refractivity contribution in [1.29, 1.82) is 0 Å². The Morgan fingerprint density at radius 2 is 1.67 bits per heavy atom. The largest absolute Gasteiger partial charge is 0.343 e. The van der Waals surface area contributed by atoms with Gasteiger partial charge in [0.15, 0.2) is 0 Å². The lowest BCUT2D eigenvalue weighted by Crippen LogP contribution is -2.35. The molecule has 0 atom stereocenters.